The Morgan fingerprint density at radius 2 is 2.40 bits per heavy atom. The zero-order valence-corrected chi connectivity index (χ0v) is 12.5. The molecule has 1 N–H and O–H groups in total. The number of thiophene rings is 1. The molecule has 0 aliphatic carbocycles. The first-order valence-corrected chi connectivity index (χ1v) is 7.71. The Bertz CT molecular complexity index is 510. The van der Waals surface area contributed by atoms with Crippen LogP contribution in [0, 0.1) is 6.92 Å². The van der Waals surface area contributed by atoms with Gasteiger partial charge in [-0.1, -0.05) is 6.58 Å². The van der Waals surface area contributed by atoms with E-state index in [0.717, 1.165) is 19.4 Å². The summed E-state index contributed by atoms with van der Waals surface area (Å²) < 4.78 is 0. The molecule has 0 unspecified atom stereocenters. The predicted molar refractivity (Wildman–Crippen MR) is 80.7 cm³/mol. The van der Waals surface area contributed by atoms with Gasteiger partial charge < -0.3 is 10.2 Å². The fourth-order valence-corrected chi connectivity index (χ4v) is 3.25. The maximum Gasteiger partial charge on any atom is 0.243 e. The third-order valence-electron chi connectivity index (χ3n) is 3.44. The fraction of sp³-hybridized carbons (Fsp3) is 0.467. The zero-order valence-electron chi connectivity index (χ0n) is 11.7. The Hall–Kier alpha value is -1.62. The topological polar surface area (TPSA) is 49.4 Å². The monoisotopic (exact) mass is 292 g/mol. The van der Waals surface area contributed by atoms with Crippen molar-refractivity contribution in [1.82, 2.24) is 10.2 Å². The summed E-state index contributed by atoms with van der Waals surface area (Å²) in [6, 6.07) is 2.20. The van der Waals surface area contributed by atoms with E-state index in [-0.39, 0.29) is 17.9 Å². The second-order valence-electron chi connectivity index (χ2n) is 5.13. The molecule has 1 aromatic rings. The average molecular weight is 292 g/mol. The molecule has 1 aliphatic heterocycles. The minimum absolute atomic E-state index is 0.0634. The van der Waals surface area contributed by atoms with E-state index in [1.165, 1.54) is 16.5 Å². The Morgan fingerprint density at radius 1 is 1.60 bits per heavy atom. The Morgan fingerprint density at radius 3 is 3.05 bits per heavy atom. The van der Waals surface area contributed by atoms with Crippen molar-refractivity contribution in [3.05, 3.63) is 34.5 Å². The van der Waals surface area contributed by atoms with E-state index in [1.54, 1.807) is 11.3 Å². The highest BCUT2D eigenvalue weighted by Gasteiger charge is 2.26. The van der Waals surface area contributed by atoms with Crippen LogP contribution in [0.2, 0.25) is 0 Å². The zero-order chi connectivity index (χ0) is 14.5. The number of likely N-dealkylation sites (tertiary alicyclic amines) is 1. The van der Waals surface area contributed by atoms with Gasteiger partial charge in [0.25, 0.3) is 0 Å². The molecule has 0 bridgehead atoms. The number of aryl methyl sites for hydroxylation is 2. The molecule has 20 heavy (non-hydrogen) atoms. The van der Waals surface area contributed by atoms with E-state index in [0.29, 0.717) is 13.0 Å². The quantitative estimate of drug-likeness (QED) is 0.843. The van der Waals surface area contributed by atoms with Crippen LogP contribution in [0.25, 0.3) is 0 Å². The van der Waals surface area contributed by atoms with Crippen LogP contribution in [-0.2, 0) is 16.0 Å². The predicted octanol–water partition coefficient (Wildman–Crippen LogP) is 1.89. The Kier molecular flexibility index (Phi) is 4.95. The van der Waals surface area contributed by atoms with Crippen LogP contribution < -0.4 is 5.32 Å². The maximum absolute atomic E-state index is 12.1. The molecule has 1 fully saturated rings. The number of carbonyl (C=O) groups excluding carboxylic acids is 2. The van der Waals surface area contributed by atoms with Crippen molar-refractivity contribution < 1.29 is 9.59 Å². The Balaban J connectivity index is 1.76. The summed E-state index contributed by atoms with van der Waals surface area (Å²) in [4.78, 5) is 26.4. The average Bonchev–Trinajstić information content (AvgIpc) is 3.05. The highest BCUT2D eigenvalue weighted by Crippen LogP contribution is 2.17. The molecule has 0 radical (unpaired) electrons. The lowest BCUT2D eigenvalue weighted by molar-refractivity contribution is -0.130. The first-order valence-electron chi connectivity index (χ1n) is 6.83. The van der Waals surface area contributed by atoms with E-state index >= 15 is 0 Å². The summed E-state index contributed by atoms with van der Waals surface area (Å²) in [5.41, 5.74) is 1.26. The molecular weight excluding hydrogens is 272 g/mol. The third kappa shape index (κ3) is 3.93. The lowest BCUT2D eigenvalue weighted by Crippen LogP contribution is -2.37. The summed E-state index contributed by atoms with van der Waals surface area (Å²) in [5, 5.41) is 4.95. The van der Waals surface area contributed by atoms with Crippen molar-refractivity contribution >= 4 is 23.2 Å². The van der Waals surface area contributed by atoms with E-state index < -0.39 is 0 Å². The SMILES string of the molecule is C=CC(=O)N[C@H]1CCN(C(=O)CCc2cc(C)cs2)C1. The summed E-state index contributed by atoms with van der Waals surface area (Å²) >= 11 is 1.71. The van der Waals surface area contributed by atoms with Gasteiger partial charge in [-0.25, -0.2) is 0 Å². The molecule has 4 nitrogen and oxygen atoms in total. The Labute approximate surface area is 123 Å². The summed E-state index contributed by atoms with van der Waals surface area (Å²) in [6.07, 6.45) is 3.44. The standard InChI is InChI=1S/C15H20N2O2S/c1-3-14(18)16-12-6-7-17(9-12)15(19)5-4-13-8-11(2)10-20-13/h3,8,10,12H,1,4-7,9H2,2H3,(H,16,18)/t12-/m0/s1. The number of carbonyl (C=O) groups is 2. The van der Waals surface area contributed by atoms with E-state index in [9.17, 15) is 9.59 Å². The summed E-state index contributed by atoms with van der Waals surface area (Å²) in [6.45, 7) is 6.83. The number of hydrogen-bond acceptors (Lipinski definition) is 3. The first-order chi connectivity index (χ1) is 9.58. The van der Waals surface area contributed by atoms with Gasteiger partial charge in [0.1, 0.15) is 0 Å². The molecule has 1 aliphatic rings. The molecule has 108 valence electrons. The largest absolute Gasteiger partial charge is 0.348 e. The number of nitrogens with one attached hydrogen (secondary N) is 1. The molecular formula is C15H20N2O2S. The van der Waals surface area contributed by atoms with Crippen LogP contribution in [-0.4, -0.2) is 35.8 Å². The number of rotatable bonds is 5. The van der Waals surface area contributed by atoms with Crippen molar-refractivity contribution in [2.75, 3.05) is 13.1 Å². The molecule has 2 rings (SSSR count). The van der Waals surface area contributed by atoms with Crippen molar-refractivity contribution in [3.8, 4) is 0 Å². The van der Waals surface area contributed by atoms with E-state index in [1.807, 2.05) is 4.90 Å². The van der Waals surface area contributed by atoms with Gasteiger partial charge in [-0.15, -0.1) is 11.3 Å². The van der Waals surface area contributed by atoms with Gasteiger partial charge in [0.15, 0.2) is 0 Å². The number of amides is 2. The molecule has 0 spiro atoms. The third-order valence-corrected chi connectivity index (χ3v) is 4.56. The van der Waals surface area contributed by atoms with Gasteiger partial charge in [-0.05, 0) is 42.9 Å². The molecule has 1 aromatic heterocycles. The number of hydrogen-bond donors (Lipinski definition) is 1. The lowest BCUT2D eigenvalue weighted by Gasteiger charge is -2.16. The molecule has 5 heteroatoms. The smallest absolute Gasteiger partial charge is 0.243 e. The van der Waals surface area contributed by atoms with Gasteiger partial charge in [-0.3, -0.25) is 9.59 Å². The van der Waals surface area contributed by atoms with Gasteiger partial charge in [0.05, 0.1) is 0 Å². The normalized spacial score (nSPS) is 18.1. The van der Waals surface area contributed by atoms with Gasteiger partial charge in [0, 0.05) is 30.4 Å². The van der Waals surface area contributed by atoms with Crippen molar-refractivity contribution in [3.63, 3.8) is 0 Å². The van der Waals surface area contributed by atoms with Crippen LogP contribution in [0.4, 0.5) is 0 Å². The summed E-state index contributed by atoms with van der Waals surface area (Å²) in [7, 11) is 0. The first kappa shape index (κ1) is 14.8. The lowest BCUT2D eigenvalue weighted by atomic mass is 10.2. The second-order valence-corrected chi connectivity index (χ2v) is 6.12. The van der Waals surface area contributed by atoms with Crippen LogP contribution in [0.1, 0.15) is 23.3 Å². The highest BCUT2D eigenvalue weighted by molar-refractivity contribution is 7.10. The minimum Gasteiger partial charge on any atom is -0.348 e. The van der Waals surface area contributed by atoms with Gasteiger partial charge in [-0.2, -0.15) is 0 Å². The molecule has 2 amide bonds. The summed E-state index contributed by atoms with van der Waals surface area (Å²) in [5.74, 6) is 0.00441. The number of nitrogens with zero attached hydrogens (tertiary/aromatic N) is 1. The fourth-order valence-electron chi connectivity index (χ4n) is 2.37. The highest BCUT2D eigenvalue weighted by atomic mass is 32.1. The van der Waals surface area contributed by atoms with Crippen LogP contribution in [0.3, 0.4) is 0 Å². The molecule has 0 saturated carbocycles. The van der Waals surface area contributed by atoms with Crippen molar-refractivity contribution in [2.24, 2.45) is 0 Å². The van der Waals surface area contributed by atoms with Crippen LogP contribution >= 0.6 is 11.3 Å². The van der Waals surface area contributed by atoms with Crippen molar-refractivity contribution in [2.45, 2.75) is 32.2 Å². The molecule has 1 atom stereocenters. The molecule has 2 heterocycles. The second kappa shape index (κ2) is 6.70. The van der Waals surface area contributed by atoms with Crippen LogP contribution in [0.5, 0.6) is 0 Å². The van der Waals surface area contributed by atoms with Gasteiger partial charge >= 0.3 is 0 Å². The van der Waals surface area contributed by atoms with E-state index in [2.05, 4.69) is 30.3 Å². The molecule has 0 aromatic carbocycles. The van der Waals surface area contributed by atoms with Crippen LogP contribution in [0.15, 0.2) is 24.1 Å². The molecule has 1 saturated heterocycles. The minimum atomic E-state index is -0.168. The maximum atomic E-state index is 12.1. The van der Waals surface area contributed by atoms with Gasteiger partial charge in [0.2, 0.25) is 11.8 Å². The van der Waals surface area contributed by atoms with E-state index in [4.69, 9.17) is 0 Å². The van der Waals surface area contributed by atoms with Crippen molar-refractivity contribution in [1.29, 1.82) is 0 Å².